The third kappa shape index (κ3) is 10.2. The summed E-state index contributed by atoms with van der Waals surface area (Å²) in [6.45, 7) is 12.3. The van der Waals surface area contributed by atoms with Crippen LogP contribution in [-0.2, 0) is 9.53 Å². The van der Waals surface area contributed by atoms with E-state index in [0.29, 0.717) is 5.56 Å². The van der Waals surface area contributed by atoms with E-state index in [2.05, 4.69) is 29.0 Å². The third-order valence-electron chi connectivity index (χ3n) is 7.41. The number of aromatic nitrogens is 1. The van der Waals surface area contributed by atoms with E-state index in [1.807, 2.05) is 77.2 Å². The van der Waals surface area contributed by atoms with Crippen molar-refractivity contribution in [3.63, 3.8) is 0 Å². The number of nitrogens with two attached hydrogens (primary N) is 2. The molecule has 1 aliphatic rings. The first kappa shape index (κ1) is 34.9. The van der Waals surface area contributed by atoms with E-state index in [-0.39, 0.29) is 24.3 Å². The van der Waals surface area contributed by atoms with Gasteiger partial charge in [-0.1, -0.05) is 42.0 Å². The topological polar surface area (TPSA) is 118 Å². The van der Waals surface area contributed by atoms with E-state index in [1.54, 1.807) is 30.2 Å². The molecule has 0 spiro atoms. The fourth-order valence-corrected chi connectivity index (χ4v) is 5.24. The standard InChI is InChI=1S/C35H50N6O3/c1-24(23-41-19-16-27(17-20-41)26-9-11-28(12-10-26)34(43)39(6)7)21-31-25(2)38-18-15-30(31)32(40(8)37)14-13-29(36)22-33(42)44-35(3,4)5/h9-16,18,21,29,32H,17,19-20,22-23,36-37H2,1-8H3/b14-13-,24-21+. The van der Waals surface area contributed by atoms with E-state index >= 15 is 0 Å². The normalized spacial score (nSPS) is 16.2. The Kier molecular flexibility index (Phi) is 12.2. The Morgan fingerprint density at radius 1 is 1.11 bits per heavy atom. The Morgan fingerprint density at radius 3 is 2.36 bits per heavy atom. The molecule has 0 radical (unpaired) electrons. The van der Waals surface area contributed by atoms with Crippen molar-refractivity contribution in [2.75, 3.05) is 40.8 Å². The van der Waals surface area contributed by atoms with Gasteiger partial charge in [0.2, 0.25) is 0 Å². The van der Waals surface area contributed by atoms with E-state index in [9.17, 15) is 9.59 Å². The smallest absolute Gasteiger partial charge is 0.308 e. The van der Waals surface area contributed by atoms with Gasteiger partial charge in [-0.3, -0.25) is 25.3 Å². The van der Waals surface area contributed by atoms with Gasteiger partial charge in [0.05, 0.1) is 12.5 Å². The maximum absolute atomic E-state index is 12.2. The van der Waals surface area contributed by atoms with Crippen molar-refractivity contribution in [2.24, 2.45) is 11.6 Å². The van der Waals surface area contributed by atoms with Gasteiger partial charge in [0, 0.05) is 69.8 Å². The van der Waals surface area contributed by atoms with Gasteiger partial charge in [-0.2, -0.15) is 0 Å². The van der Waals surface area contributed by atoms with Crippen LogP contribution in [0.4, 0.5) is 0 Å². The number of benzene rings is 1. The van der Waals surface area contributed by atoms with Crippen molar-refractivity contribution in [1.29, 1.82) is 0 Å². The number of likely N-dealkylation sites (N-methyl/N-ethyl adjacent to an activating group) is 1. The molecule has 9 nitrogen and oxygen atoms in total. The molecule has 2 unspecified atom stereocenters. The minimum atomic E-state index is -0.554. The van der Waals surface area contributed by atoms with Crippen LogP contribution in [0.3, 0.4) is 0 Å². The van der Waals surface area contributed by atoms with Crippen molar-refractivity contribution < 1.29 is 14.3 Å². The van der Waals surface area contributed by atoms with Crippen molar-refractivity contribution in [3.8, 4) is 0 Å². The van der Waals surface area contributed by atoms with Gasteiger partial charge in [0.1, 0.15) is 5.60 Å². The van der Waals surface area contributed by atoms with E-state index in [1.165, 1.54) is 16.7 Å². The molecule has 2 atom stereocenters. The zero-order valence-electron chi connectivity index (χ0n) is 27.6. The number of nitrogens with zero attached hydrogens (tertiary/aromatic N) is 4. The zero-order valence-corrected chi connectivity index (χ0v) is 27.6. The maximum Gasteiger partial charge on any atom is 0.308 e. The summed E-state index contributed by atoms with van der Waals surface area (Å²) in [5.41, 5.74) is 13.0. The number of hydrogen-bond donors (Lipinski definition) is 2. The third-order valence-corrected chi connectivity index (χ3v) is 7.41. The number of esters is 1. The molecular formula is C35H50N6O3. The van der Waals surface area contributed by atoms with Crippen LogP contribution in [-0.4, -0.2) is 84.1 Å². The minimum absolute atomic E-state index is 0.0110. The molecular weight excluding hydrogens is 552 g/mol. The summed E-state index contributed by atoms with van der Waals surface area (Å²) in [6, 6.07) is 9.12. The summed E-state index contributed by atoms with van der Waals surface area (Å²) in [7, 11) is 5.34. The SMILES string of the molecule is C/C(=C\c1c(C(/C=C\C(N)CC(=O)OC(C)(C)C)N(C)N)ccnc1C)CN1CC=C(c2ccc(C(=O)N(C)C)cc2)CC1. The molecule has 1 amide bonds. The number of carbonyl (C=O) groups excluding carboxylic acids is 2. The lowest BCUT2D eigenvalue weighted by Gasteiger charge is -2.27. The number of hydrazine groups is 1. The highest BCUT2D eigenvalue weighted by Gasteiger charge is 2.21. The second-order valence-corrected chi connectivity index (χ2v) is 12.8. The molecule has 0 bridgehead atoms. The lowest BCUT2D eigenvalue weighted by Crippen LogP contribution is -2.32. The molecule has 1 aromatic carbocycles. The summed E-state index contributed by atoms with van der Waals surface area (Å²) in [4.78, 5) is 33.0. The van der Waals surface area contributed by atoms with Crippen LogP contribution in [0, 0.1) is 6.92 Å². The summed E-state index contributed by atoms with van der Waals surface area (Å²) in [6.07, 6.45) is 11.1. The fourth-order valence-electron chi connectivity index (χ4n) is 5.24. The van der Waals surface area contributed by atoms with Gasteiger partial charge in [0.15, 0.2) is 0 Å². The number of amides is 1. The van der Waals surface area contributed by atoms with E-state index in [0.717, 1.165) is 42.9 Å². The highest BCUT2D eigenvalue weighted by Crippen LogP contribution is 2.28. The van der Waals surface area contributed by atoms with Crippen LogP contribution in [0.2, 0.25) is 0 Å². The molecule has 44 heavy (non-hydrogen) atoms. The quantitative estimate of drug-likeness (QED) is 0.164. The second kappa shape index (κ2) is 15.4. The van der Waals surface area contributed by atoms with Crippen LogP contribution >= 0.6 is 0 Å². The molecule has 9 heteroatoms. The van der Waals surface area contributed by atoms with Crippen molar-refractivity contribution in [2.45, 2.75) is 65.1 Å². The molecule has 238 valence electrons. The molecule has 2 heterocycles. The fraction of sp³-hybridized carbons (Fsp3) is 0.457. The summed E-state index contributed by atoms with van der Waals surface area (Å²) in [5, 5.41) is 1.64. The average Bonchev–Trinajstić information content (AvgIpc) is 2.93. The van der Waals surface area contributed by atoms with Crippen molar-refractivity contribution >= 4 is 23.5 Å². The first-order valence-electron chi connectivity index (χ1n) is 15.1. The molecule has 3 rings (SSSR count). The number of pyridine rings is 1. The van der Waals surface area contributed by atoms with Crippen LogP contribution in [0.25, 0.3) is 11.6 Å². The molecule has 0 fully saturated rings. The number of ether oxygens (including phenoxy) is 1. The van der Waals surface area contributed by atoms with Gasteiger partial charge < -0.3 is 15.4 Å². The number of hydrogen-bond acceptors (Lipinski definition) is 8. The van der Waals surface area contributed by atoms with Crippen LogP contribution < -0.4 is 11.6 Å². The summed E-state index contributed by atoms with van der Waals surface area (Å²) >= 11 is 0. The Morgan fingerprint density at radius 2 is 1.80 bits per heavy atom. The van der Waals surface area contributed by atoms with Crippen LogP contribution in [0.5, 0.6) is 0 Å². The largest absolute Gasteiger partial charge is 0.460 e. The van der Waals surface area contributed by atoms with Crippen LogP contribution in [0.1, 0.15) is 79.3 Å². The van der Waals surface area contributed by atoms with Crippen molar-refractivity contribution in [3.05, 3.63) is 88.3 Å². The highest BCUT2D eigenvalue weighted by atomic mass is 16.6. The average molecular weight is 603 g/mol. The summed E-state index contributed by atoms with van der Waals surface area (Å²) in [5.74, 6) is 5.99. The van der Waals surface area contributed by atoms with Gasteiger partial charge in [-0.15, -0.1) is 0 Å². The van der Waals surface area contributed by atoms with Crippen molar-refractivity contribution in [1.82, 2.24) is 19.8 Å². The molecule has 4 N–H and O–H groups in total. The van der Waals surface area contributed by atoms with E-state index < -0.39 is 11.6 Å². The number of carbonyl (C=O) groups is 2. The highest BCUT2D eigenvalue weighted by molar-refractivity contribution is 5.94. The molecule has 0 aliphatic carbocycles. The van der Waals surface area contributed by atoms with Gasteiger partial charge in [-0.05, 0) is 75.9 Å². The number of rotatable bonds is 11. The lowest BCUT2D eigenvalue weighted by molar-refractivity contribution is -0.154. The predicted octanol–water partition coefficient (Wildman–Crippen LogP) is 4.75. The minimum Gasteiger partial charge on any atom is -0.460 e. The maximum atomic E-state index is 12.2. The monoisotopic (exact) mass is 602 g/mol. The first-order valence-corrected chi connectivity index (χ1v) is 15.1. The predicted molar refractivity (Wildman–Crippen MR) is 178 cm³/mol. The zero-order chi connectivity index (χ0) is 32.6. The first-order chi connectivity index (χ1) is 20.6. The molecule has 1 aliphatic heterocycles. The lowest BCUT2D eigenvalue weighted by atomic mass is 9.96. The second-order valence-electron chi connectivity index (χ2n) is 12.8. The Labute approximate surface area is 263 Å². The molecule has 0 saturated heterocycles. The Hall–Kier alpha value is -3.63. The van der Waals surface area contributed by atoms with E-state index in [4.69, 9.17) is 16.3 Å². The van der Waals surface area contributed by atoms with Gasteiger partial charge >= 0.3 is 5.97 Å². The van der Waals surface area contributed by atoms with Crippen LogP contribution in [0.15, 0.2) is 60.3 Å². The summed E-state index contributed by atoms with van der Waals surface area (Å²) < 4.78 is 5.41. The molecule has 0 saturated carbocycles. The van der Waals surface area contributed by atoms with Gasteiger partial charge in [-0.25, -0.2) is 5.01 Å². The molecule has 1 aromatic heterocycles. The Bertz CT molecular complexity index is 1390. The van der Waals surface area contributed by atoms with Gasteiger partial charge in [0.25, 0.3) is 5.91 Å². The Balaban J connectivity index is 1.71. The molecule has 2 aromatic rings. The number of aryl methyl sites for hydroxylation is 1.